The van der Waals surface area contributed by atoms with Gasteiger partial charge in [0.1, 0.15) is 6.04 Å². The summed E-state index contributed by atoms with van der Waals surface area (Å²) in [5, 5.41) is 0. The first kappa shape index (κ1) is 29.5. The molecule has 4 rings (SSSR count). The minimum atomic E-state index is -0.753. The number of ether oxygens (including phenoxy) is 3. The number of rotatable bonds is 8. The molecule has 212 valence electrons. The standard InChI is InChI=1S/C31H41BrN2O5/c1-6-38-30(36)26-24(31(2,3)4)27(39-19-22-17-23(32)18-33-28(22)37-5)25(20-13-9-7-10-14-20)34(26)29(35)21-15-11-8-12-16-21/h7,9-10,13-14,17-18,21,24-27H,6,8,11-12,15-16,19H2,1-5H3/t24-,25+,26+,27+/m1/s1. The van der Waals surface area contributed by atoms with Crippen molar-refractivity contribution in [1.82, 2.24) is 9.88 Å². The third kappa shape index (κ3) is 6.49. The van der Waals surface area contributed by atoms with Gasteiger partial charge < -0.3 is 19.1 Å². The zero-order valence-corrected chi connectivity index (χ0v) is 25.3. The number of aromatic nitrogens is 1. The Morgan fingerprint density at radius 2 is 1.79 bits per heavy atom. The summed E-state index contributed by atoms with van der Waals surface area (Å²) in [5.74, 6) is -0.258. The van der Waals surface area contributed by atoms with Gasteiger partial charge in [-0.15, -0.1) is 0 Å². The van der Waals surface area contributed by atoms with Gasteiger partial charge in [-0.3, -0.25) is 4.79 Å². The van der Waals surface area contributed by atoms with Crippen molar-refractivity contribution in [1.29, 1.82) is 0 Å². The largest absolute Gasteiger partial charge is 0.481 e. The van der Waals surface area contributed by atoms with Crippen LogP contribution >= 0.6 is 15.9 Å². The highest BCUT2D eigenvalue weighted by Crippen LogP contribution is 2.51. The van der Waals surface area contributed by atoms with Gasteiger partial charge in [0.2, 0.25) is 11.8 Å². The molecule has 2 aliphatic rings. The van der Waals surface area contributed by atoms with Crippen molar-refractivity contribution in [3.8, 4) is 5.88 Å². The number of halogens is 1. The molecule has 0 radical (unpaired) electrons. The fraction of sp³-hybridized carbons (Fsp3) is 0.581. The zero-order chi connectivity index (χ0) is 28.2. The van der Waals surface area contributed by atoms with Crippen LogP contribution in [0, 0.1) is 17.3 Å². The molecule has 1 aliphatic carbocycles. The summed E-state index contributed by atoms with van der Waals surface area (Å²) in [6.45, 7) is 8.60. The number of amides is 1. The fourth-order valence-corrected chi connectivity index (χ4v) is 6.69. The summed E-state index contributed by atoms with van der Waals surface area (Å²) >= 11 is 3.50. The van der Waals surface area contributed by atoms with Gasteiger partial charge in [-0.25, -0.2) is 9.78 Å². The maximum absolute atomic E-state index is 14.4. The van der Waals surface area contributed by atoms with Crippen molar-refractivity contribution in [2.45, 2.75) is 84.6 Å². The Balaban J connectivity index is 1.83. The van der Waals surface area contributed by atoms with Crippen LogP contribution in [0.4, 0.5) is 0 Å². The van der Waals surface area contributed by atoms with Crippen molar-refractivity contribution in [2.24, 2.45) is 17.3 Å². The van der Waals surface area contributed by atoms with Gasteiger partial charge in [0.25, 0.3) is 0 Å². The lowest BCUT2D eigenvalue weighted by Crippen LogP contribution is -2.49. The van der Waals surface area contributed by atoms with E-state index in [9.17, 15) is 9.59 Å². The van der Waals surface area contributed by atoms with E-state index in [-0.39, 0.29) is 42.3 Å². The average Bonchev–Trinajstić information content (AvgIpc) is 3.28. The predicted octanol–water partition coefficient (Wildman–Crippen LogP) is 6.50. The van der Waals surface area contributed by atoms with Crippen LogP contribution in [-0.2, 0) is 25.7 Å². The van der Waals surface area contributed by atoms with Gasteiger partial charge >= 0.3 is 5.97 Å². The van der Waals surface area contributed by atoms with E-state index < -0.39 is 18.2 Å². The van der Waals surface area contributed by atoms with Gasteiger partial charge in [0.05, 0.1) is 32.5 Å². The first-order chi connectivity index (χ1) is 18.7. The quantitative estimate of drug-likeness (QED) is 0.322. The van der Waals surface area contributed by atoms with Gasteiger partial charge in [-0.1, -0.05) is 70.4 Å². The lowest BCUT2D eigenvalue weighted by molar-refractivity contribution is -0.158. The molecule has 0 unspecified atom stereocenters. The smallest absolute Gasteiger partial charge is 0.329 e. The minimum Gasteiger partial charge on any atom is -0.481 e. The SMILES string of the molecule is CCOC(=O)[C@@H]1[C@@H](C(C)(C)C)[C@H](OCc2cc(Br)cnc2OC)[C@H](c2ccccc2)N1C(=O)C1CCCCC1. The van der Waals surface area contributed by atoms with Crippen molar-refractivity contribution < 1.29 is 23.8 Å². The molecule has 2 aromatic rings. The van der Waals surface area contributed by atoms with Crippen molar-refractivity contribution in [3.63, 3.8) is 0 Å². The summed E-state index contributed by atoms with van der Waals surface area (Å²) in [6, 6.07) is 10.7. The van der Waals surface area contributed by atoms with Gasteiger partial charge in [-0.2, -0.15) is 0 Å². The number of hydrogen-bond acceptors (Lipinski definition) is 6. The molecule has 1 saturated heterocycles. The van der Waals surface area contributed by atoms with Gasteiger partial charge in [0, 0.05) is 28.1 Å². The average molecular weight is 602 g/mol. The number of pyridine rings is 1. The number of carbonyl (C=O) groups is 2. The van der Waals surface area contributed by atoms with Crippen LogP contribution in [0.15, 0.2) is 47.1 Å². The second kappa shape index (κ2) is 12.8. The lowest BCUT2D eigenvalue weighted by Gasteiger charge is -2.36. The number of methoxy groups -OCH3 is 1. The molecule has 1 aromatic carbocycles. The number of esters is 1. The van der Waals surface area contributed by atoms with E-state index in [4.69, 9.17) is 14.2 Å². The molecule has 2 fully saturated rings. The van der Waals surface area contributed by atoms with Crippen LogP contribution in [0.25, 0.3) is 0 Å². The van der Waals surface area contributed by atoms with Crippen LogP contribution in [0.1, 0.15) is 77.0 Å². The Morgan fingerprint density at radius 3 is 2.41 bits per heavy atom. The number of benzene rings is 1. The van der Waals surface area contributed by atoms with Crippen molar-refractivity contribution in [2.75, 3.05) is 13.7 Å². The number of likely N-dealkylation sites (tertiary alicyclic amines) is 1. The molecule has 8 heteroatoms. The first-order valence-corrected chi connectivity index (χ1v) is 14.8. The Hall–Kier alpha value is -2.45. The molecule has 0 N–H and O–H groups in total. The summed E-state index contributed by atoms with van der Waals surface area (Å²) in [6.07, 6.45) is 6.12. The second-order valence-corrected chi connectivity index (χ2v) is 12.5. The molecule has 1 aromatic heterocycles. The highest BCUT2D eigenvalue weighted by Gasteiger charge is 2.59. The van der Waals surface area contributed by atoms with E-state index in [1.54, 1.807) is 20.2 Å². The molecule has 39 heavy (non-hydrogen) atoms. The normalized spacial score (nSPS) is 24.0. The van der Waals surface area contributed by atoms with Gasteiger partial charge in [0.15, 0.2) is 0 Å². The summed E-state index contributed by atoms with van der Waals surface area (Å²) < 4.78 is 18.7. The maximum atomic E-state index is 14.4. The molecule has 4 atom stereocenters. The molecule has 2 heterocycles. The highest BCUT2D eigenvalue weighted by molar-refractivity contribution is 9.10. The maximum Gasteiger partial charge on any atom is 0.329 e. The predicted molar refractivity (Wildman–Crippen MR) is 153 cm³/mol. The Morgan fingerprint density at radius 1 is 1.10 bits per heavy atom. The summed E-state index contributed by atoms with van der Waals surface area (Å²) in [7, 11) is 1.58. The Kier molecular flexibility index (Phi) is 9.70. The van der Waals surface area contributed by atoms with Gasteiger partial charge in [-0.05, 0) is 52.7 Å². The molecular weight excluding hydrogens is 560 g/mol. The van der Waals surface area contributed by atoms with Crippen LogP contribution < -0.4 is 4.74 Å². The molecule has 0 spiro atoms. The van der Waals surface area contributed by atoms with Crippen LogP contribution in [0.5, 0.6) is 5.88 Å². The minimum absolute atomic E-state index is 0.0312. The highest BCUT2D eigenvalue weighted by atomic mass is 79.9. The zero-order valence-electron chi connectivity index (χ0n) is 23.7. The molecule has 1 aliphatic heterocycles. The molecule has 1 amide bonds. The summed E-state index contributed by atoms with van der Waals surface area (Å²) in [4.78, 5) is 34.3. The van der Waals surface area contributed by atoms with Crippen LogP contribution in [0.2, 0.25) is 0 Å². The monoisotopic (exact) mass is 600 g/mol. The van der Waals surface area contributed by atoms with E-state index in [2.05, 4.69) is 41.7 Å². The third-order valence-electron chi connectivity index (χ3n) is 8.00. The van der Waals surface area contributed by atoms with Crippen LogP contribution in [0.3, 0.4) is 0 Å². The van der Waals surface area contributed by atoms with E-state index in [1.165, 1.54) is 0 Å². The molecule has 7 nitrogen and oxygen atoms in total. The van der Waals surface area contributed by atoms with E-state index in [0.717, 1.165) is 47.7 Å². The first-order valence-electron chi connectivity index (χ1n) is 14.0. The Bertz CT molecular complexity index is 1130. The summed E-state index contributed by atoms with van der Waals surface area (Å²) in [5.41, 5.74) is 1.37. The molecule has 0 bridgehead atoms. The fourth-order valence-electron chi connectivity index (χ4n) is 6.31. The van der Waals surface area contributed by atoms with Crippen molar-refractivity contribution in [3.05, 3.63) is 58.2 Å². The van der Waals surface area contributed by atoms with Crippen molar-refractivity contribution >= 4 is 27.8 Å². The molecule has 1 saturated carbocycles. The number of carbonyl (C=O) groups excluding carboxylic acids is 2. The topological polar surface area (TPSA) is 78.0 Å². The number of hydrogen-bond donors (Lipinski definition) is 0. The lowest BCUT2D eigenvalue weighted by atomic mass is 9.73. The van der Waals surface area contributed by atoms with E-state index >= 15 is 0 Å². The van der Waals surface area contributed by atoms with E-state index in [1.807, 2.05) is 41.3 Å². The van der Waals surface area contributed by atoms with E-state index in [0.29, 0.717) is 5.88 Å². The number of nitrogens with zero attached hydrogens (tertiary/aromatic N) is 2. The van der Waals surface area contributed by atoms with Crippen LogP contribution in [-0.4, -0.2) is 47.6 Å². The third-order valence-corrected chi connectivity index (χ3v) is 8.43. The Labute approximate surface area is 240 Å². The molecular formula is C31H41BrN2O5. The second-order valence-electron chi connectivity index (χ2n) is 11.6.